The summed E-state index contributed by atoms with van der Waals surface area (Å²) < 4.78 is 5.84. The third-order valence-corrected chi connectivity index (χ3v) is 3.29. The lowest BCUT2D eigenvalue weighted by atomic mass is 10.1. The van der Waals surface area contributed by atoms with Gasteiger partial charge in [0, 0.05) is 18.7 Å². The minimum Gasteiger partial charge on any atom is -0.493 e. The molecule has 0 radical (unpaired) electrons. The van der Waals surface area contributed by atoms with Crippen molar-refractivity contribution in [2.45, 2.75) is 20.3 Å². The van der Waals surface area contributed by atoms with Crippen molar-refractivity contribution in [1.29, 1.82) is 0 Å². The van der Waals surface area contributed by atoms with Crippen LogP contribution in [0, 0.1) is 13.8 Å². The minimum absolute atomic E-state index is 0. The van der Waals surface area contributed by atoms with Crippen LogP contribution in [-0.2, 0) is 0 Å². The molecule has 3 N–H and O–H groups in total. The Balaban J connectivity index is 0.00000264. The number of halogens is 1. The highest BCUT2D eigenvalue weighted by Crippen LogP contribution is 2.22. The molecule has 0 aliphatic heterocycles. The van der Waals surface area contributed by atoms with E-state index in [1.54, 1.807) is 0 Å². The highest BCUT2D eigenvalue weighted by atomic mass is 127. The fourth-order valence-corrected chi connectivity index (χ4v) is 2.17. The van der Waals surface area contributed by atoms with Gasteiger partial charge in [-0.25, -0.2) is 0 Å². The van der Waals surface area contributed by atoms with Gasteiger partial charge in [0.2, 0.25) is 0 Å². The van der Waals surface area contributed by atoms with Crippen molar-refractivity contribution in [1.82, 2.24) is 0 Å². The van der Waals surface area contributed by atoms with Crippen LogP contribution in [-0.4, -0.2) is 19.1 Å². The van der Waals surface area contributed by atoms with E-state index in [1.165, 1.54) is 0 Å². The van der Waals surface area contributed by atoms with Gasteiger partial charge in [0.25, 0.3) is 0 Å². The molecule has 0 heterocycles. The number of aryl methyl sites for hydroxylation is 2. The summed E-state index contributed by atoms with van der Waals surface area (Å²) in [6, 6.07) is 15.9. The highest BCUT2D eigenvalue weighted by molar-refractivity contribution is 14.0. The van der Waals surface area contributed by atoms with E-state index in [-0.39, 0.29) is 24.0 Å². The second-order valence-electron chi connectivity index (χ2n) is 5.18. The molecule has 5 heteroatoms. The molecule has 23 heavy (non-hydrogen) atoms. The predicted octanol–water partition coefficient (Wildman–Crippen LogP) is 4.12. The van der Waals surface area contributed by atoms with Gasteiger partial charge < -0.3 is 15.8 Å². The van der Waals surface area contributed by atoms with Gasteiger partial charge in [0.05, 0.1) is 6.61 Å². The number of para-hydroxylation sites is 2. The minimum atomic E-state index is 0. The topological polar surface area (TPSA) is 59.6 Å². The first-order chi connectivity index (χ1) is 10.7. The summed E-state index contributed by atoms with van der Waals surface area (Å²) in [5, 5.41) is 3.06. The number of hydrogen-bond donors (Lipinski definition) is 2. The zero-order valence-electron chi connectivity index (χ0n) is 13.6. The average molecular weight is 425 g/mol. The summed E-state index contributed by atoms with van der Waals surface area (Å²) in [7, 11) is 0. The summed E-state index contributed by atoms with van der Waals surface area (Å²) in [6.07, 6.45) is 0.824. The molecule has 2 aromatic rings. The van der Waals surface area contributed by atoms with Crippen molar-refractivity contribution < 1.29 is 4.74 Å². The summed E-state index contributed by atoms with van der Waals surface area (Å²) in [6.45, 7) is 5.38. The first kappa shape index (κ1) is 19.3. The number of nitrogens with one attached hydrogen (secondary N) is 1. The summed E-state index contributed by atoms with van der Waals surface area (Å²) in [4.78, 5) is 4.30. The molecule has 124 valence electrons. The van der Waals surface area contributed by atoms with E-state index in [1.807, 2.05) is 36.4 Å². The van der Waals surface area contributed by atoms with E-state index in [4.69, 9.17) is 10.5 Å². The van der Waals surface area contributed by atoms with Crippen molar-refractivity contribution in [3.8, 4) is 5.75 Å². The van der Waals surface area contributed by atoms with Crippen molar-refractivity contribution in [3.05, 3.63) is 59.7 Å². The quantitative estimate of drug-likeness (QED) is 0.317. The van der Waals surface area contributed by atoms with E-state index < -0.39 is 0 Å². The third-order valence-electron chi connectivity index (χ3n) is 3.29. The zero-order valence-corrected chi connectivity index (χ0v) is 15.9. The van der Waals surface area contributed by atoms with Gasteiger partial charge in [-0.3, -0.25) is 4.99 Å². The number of aliphatic imine (C=N–C) groups is 1. The number of hydrogen-bond acceptors (Lipinski definition) is 2. The summed E-state index contributed by atoms with van der Waals surface area (Å²) in [5.41, 5.74) is 9.11. The standard InChI is InChI=1S/C18H23N3O.HI/c1-14-8-6-9-15(2)17(14)22-13-7-12-20-18(19)21-16-10-4-3-5-11-16;/h3-6,8-11H,7,12-13H2,1-2H3,(H3,19,20,21);1H. The van der Waals surface area contributed by atoms with Crippen LogP contribution in [0.2, 0.25) is 0 Å². The van der Waals surface area contributed by atoms with Crippen LogP contribution in [0.3, 0.4) is 0 Å². The number of ether oxygens (including phenoxy) is 1. The van der Waals surface area contributed by atoms with Crippen LogP contribution >= 0.6 is 24.0 Å². The van der Waals surface area contributed by atoms with E-state index in [0.717, 1.165) is 29.0 Å². The lowest BCUT2D eigenvalue weighted by Crippen LogP contribution is -2.23. The Morgan fingerprint density at radius 2 is 1.70 bits per heavy atom. The molecule has 2 aromatic carbocycles. The monoisotopic (exact) mass is 425 g/mol. The predicted molar refractivity (Wildman–Crippen MR) is 108 cm³/mol. The Morgan fingerprint density at radius 1 is 1.04 bits per heavy atom. The molecule has 0 amide bonds. The molecule has 0 saturated heterocycles. The number of guanidine groups is 1. The maximum absolute atomic E-state index is 5.85. The van der Waals surface area contributed by atoms with Gasteiger partial charge in [0.15, 0.2) is 5.96 Å². The number of benzene rings is 2. The molecule has 0 aliphatic rings. The van der Waals surface area contributed by atoms with Crippen LogP contribution in [0.25, 0.3) is 0 Å². The number of rotatable bonds is 6. The van der Waals surface area contributed by atoms with Crippen molar-refractivity contribution in [2.75, 3.05) is 18.5 Å². The maximum atomic E-state index is 5.85. The first-order valence-electron chi connectivity index (χ1n) is 7.48. The average Bonchev–Trinajstić information content (AvgIpc) is 2.50. The van der Waals surface area contributed by atoms with Gasteiger partial charge in [-0.15, -0.1) is 24.0 Å². The number of nitrogens with zero attached hydrogens (tertiary/aromatic N) is 1. The molecule has 0 aromatic heterocycles. The number of anilines is 1. The molecular formula is C18H24IN3O. The molecule has 0 fully saturated rings. The lowest BCUT2D eigenvalue weighted by Gasteiger charge is -2.11. The van der Waals surface area contributed by atoms with Crippen molar-refractivity contribution in [2.24, 2.45) is 10.7 Å². The largest absolute Gasteiger partial charge is 0.493 e. The van der Waals surface area contributed by atoms with Gasteiger partial charge in [-0.05, 0) is 37.1 Å². The van der Waals surface area contributed by atoms with Crippen molar-refractivity contribution >= 4 is 35.6 Å². The SMILES string of the molecule is Cc1cccc(C)c1OCCCN=C(N)Nc1ccccc1.I. The van der Waals surface area contributed by atoms with Gasteiger partial charge in [-0.2, -0.15) is 0 Å². The fraction of sp³-hybridized carbons (Fsp3) is 0.278. The van der Waals surface area contributed by atoms with Gasteiger partial charge >= 0.3 is 0 Å². The molecule has 0 atom stereocenters. The molecule has 0 spiro atoms. The Bertz CT molecular complexity index is 609. The second kappa shape index (κ2) is 10.1. The molecule has 0 aliphatic carbocycles. The number of nitrogens with two attached hydrogens (primary N) is 1. The Morgan fingerprint density at radius 3 is 2.35 bits per heavy atom. The fourth-order valence-electron chi connectivity index (χ4n) is 2.17. The van der Waals surface area contributed by atoms with Crippen LogP contribution in [0.4, 0.5) is 5.69 Å². The van der Waals surface area contributed by atoms with E-state index in [0.29, 0.717) is 19.1 Å². The summed E-state index contributed by atoms with van der Waals surface area (Å²) >= 11 is 0. The first-order valence-corrected chi connectivity index (χ1v) is 7.48. The molecule has 0 saturated carbocycles. The third kappa shape index (κ3) is 6.48. The molecule has 2 rings (SSSR count). The Hall–Kier alpha value is -1.76. The van der Waals surface area contributed by atoms with Gasteiger partial charge in [-0.1, -0.05) is 36.4 Å². The summed E-state index contributed by atoms with van der Waals surface area (Å²) in [5.74, 6) is 1.40. The van der Waals surface area contributed by atoms with Crippen LogP contribution in [0.15, 0.2) is 53.5 Å². The second-order valence-corrected chi connectivity index (χ2v) is 5.18. The maximum Gasteiger partial charge on any atom is 0.193 e. The lowest BCUT2D eigenvalue weighted by molar-refractivity contribution is 0.309. The van der Waals surface area contributed by atoms with Crippen molar-refractivity contribution in [3.63, 3.8) is 0 Å². The molecular weight excluding hydrogens is 401 g/mol. The van der Waals surface area contributed by atoms with Crippen LogP contribution < -0.4 is 15.8 Å². The molecule has 0 bridgehead atoms. The van der Waals surface area contributed by atoms with Crippen LogP contribution in [0.5, 0.6) is 5.75 Å². The zero-order chi connectivity index (χ0) is 15.8. The Labute approximate surface area is 155 Å². The molecule has 0 unspecified atom stereocenters. The van der Waals surface area contributed by atoms with E-state index in [9.17, 15) is 0 Å². The normalized spacial score (nSPS) is 10.8. The van der Waals surface area contributed by atoms with E-state index in [2.05, 4.69) is 36.3 Å². The van der Waals surface area contributed by atoms with Crippen LogP contribution in [0.1, 0.15) is 17.5 Å². The highest BCUT2D eigenvalue weighted by Gasteiger charge is 2.02. The van der Waals surface area contributed by atoms with Gasteiger partial charge in [0.1, 0.15) is 5.75 Å². The Kier molecular flexibility index (Phi) is 8.47. The smallest absolute Gasteiger partial charge is 0.193 e. The van der Waals surface area contributed by atoms with E-state index >= 15 is 0 Å². The molecule has 4 nitrogen and oxygen atoms in total.